The molecule has 25 heavy (non-hydrogen) atoms. The Bertz CT molecular complexity index is 786. The van der Waals surface area contributed by atoms with Crippen molar-refractivity contribution in [2.75, 3.05) is 12.4 Å². The van der Waals surface area contributed by atoms with Gasteiger partial charge in [-0.3, -0.25) is 9.78 Å². The summed E-state index contributed by atoms with van der Waals surface area (Å²) in [5, 5.41) is 4.54. The Labute approximate surface area is 153 Å². The van der Waals surface area contributed by atoms with Crippen molar-refractivity contribution in [1.29, 1.82) is 0 Å². The van der Waals surface area contributed by atoms with Crippen molar-refractivity contribution in [3.05, 3.63) is 57.9 Å². The SMILES string of the molecule is CN(C=O)Cc1ccc(NC2Cc3ccc(Cl)c(C4CC4)c3C2)cn1. The first-order valence-corrected chi connectivity index (χ1v) is 9.19. The van der Waals surface area contributed by atoms with Gasteiger partial charge in [0.15, 0.2) is 0 Å². The third kappa shape index (κ3) is 3.49. The van der Waals surface area contributed by atoms with E-state index in [0.29, 0.717) is 18.5 Å². The minimum Gasteiger partial charge on any atom is -0.380 e. The van der Waals surface area contributed by atoms with Gasteiger partial charge in [0, 0.05) is 18.1 Å². The van der Waals surface area contributed by atoms with Crippen LogP contribution in [-0.4, -0.2) is 29.4 Å². The molecular formula is C20H22ClN3O. The standard InChI is InChI=1S/C20H22ClN3O/c1-24(12-25)11-16-6-5-15(10-22-16)23-17-8-14-4-7-19(21)20(13-2-3-13)18(14)9-17/h4-7,10,12-13,17,23H,2-3,8-9,11H2,1H3. The molecule has 5 heteroatoms. The summed E-state index contributed by atoms with van der Waals surface area (Å²) < 4.78 is 0. The van der Waals surface area contributed by atoms with E-state index < -0.39 is 0 Å². The number of rotatable bonds is 6. The smallest absolute Gasteiger partial charge is 0.209 e. The highest BCUT2D eigenvalue weighted by Gasteiger charge is 2.33. The molecule has 1 aromatic carbocycles. The number of fused-ring (bicyclic) bond motifs is 1. The van der Waals surface area contributed by atoms with Gasteiger partial charge in [0.25, 0.3) is 0 Å². The molecule has 1 amide bonds. The summed E-state index contributed by atoms with van der Waals surface area (Å²) in [6, 6.07) is 8.64. The summed E-state index contributed by atoms with van der Waals surface area (Å²) >= 11 is 6.46. The van der Waals surface area contributed by atoms with Crippen molar-refractivity contribution >= 4 is 23.7 Å². The molecule has 2 aromatic rings. The summed E-state index contributed by atoms with van der Waals surface area (Å²) in [5.74, 6) is 0.678. The molecule has 1 heterocycles. The molecule has 0 aliphatic heterocycles. The summed E-state index contributed by atoms with van der Waals surface area (Å²) in [6.07, 6.45) is 7.26. The lowest BCUT2D eigenvalue weighted by Gasteiger charge is -2.15. The van der Waals surface area contributed by atoms with Crippen molar-refractivity contribution in [2.45, 2.75) is 44.2 Å². The largest absolute Gasteiger partial charge is 0.380 e. The first kappa shape index (κ1) is 16.4. The van der Waals surface area contributed by atoms with Crippen LogP contribution < -0.4 is 5.32 Å². The zero-order valence-corrected chi connectivity index (χ0v) is 15.1. The van der Waals surface area contributed by atoms with Crippen LogP contribution in [0.15, 0.2) is 30.5 Å². The topological polar surface area (TPSA) is 45.2 Å². The number of pyridine rings is 1. The molecule has 130 valence electrons. The highest BCUT2D eigenvalue weighted by Crippen LogP contribution is 2.47. The average Bonchev–Trinajstić information content (AvgIpc) is 3.36. The lowest BCUT2D eigenvalue weighted by molar-refractivity contribution is -0.117. The van der Waals surface area contributed by atoms with Crippen LogP contribution in [0.3, 0.4) is 0 Å². The van der Waals surface area contributed by atoms with E-state index >= 15 is 0 Å². The minimum atomic E-state index is 0.385. The molecule has 1 fully saturated rings. The predicted molar refractivity (Wildman–Crippen MR) is 100 cm³/mol. The Kier molecular flexibility index (Phi) is 4.38. The molecule has 1 N–H and O–H groups in total. The van der Waals surface area contributed by atoms with Crippen molar-refractivity contribution < 1.29 is 4.79 Å². The molecule has 0 bridgehead atoms. The van der Waals surface area contributed by atoms with Crippen molar-refractivity contribution in [1.82, 2.24) is 9.88 Å². The normalized spacial score (nSPS) is 18.7. The van der Waals surface area contributed by atoms with E-state index in [4.69, 9.17) is 11.6 Å². The quantitative estimate of drug-likeness (QED) is 0.802. The first-order valence-electron chi connectivity index (χ1n) is 8.81. The van der Waals surface area contributed by atoms with Gasteiger partial charge in [-0.2, -0.15) is 0 Å². The summed E-state index contributed by atoms with van der Waals surface area (Å²) in [7, 11) is 1.75. The van der Waals surface area contributed by atoms with Crippen LogP contribution in [0.4, 0.5) is 5.69 Å². The molecule has 1 saturated carbocycles. The lowest BCUT2D eigenvalue weighted by atomic mass is 9.99. The second-order valence-electron chi connectivity index (χ2n) is 7.18. The lowest BCUT2D eigenvalue weighted by Crippen LogP contribution is -2.20. The van der Waals surface area contributed by atoms with E-state index in [2.05, 4.69) is 22.4 Å². The summed E-state index contributed by atoms with van der Waals surface area (Å²) in [5.41, 5.74) is 6.20. The van der Waals surface area contributed by atoms with Crippen LogP contribution in [-0.2, 0) is 24.2 Å². The number of amides is 1. The molecule has 1 unspecified atom stereocenters. The van der Waals surface area contributed by atoms with Gasteiger partial charge < -0.3 is 10.2 Å². The molecule has 1 atom stereocenters. The van der Waals surface area contributed by atoms with Gasteiger partial charge in [-0.1, -0.05) is 17.7 Å². The number of carbonyl (C=O) groups is 1. The number of aromatic nitrogens is 1. The zero-order valence-electron chi connectivity index (χ0n) is 14.3. The van der Waals surface area contributed by atoms with Gasteiger partial charge in [0.05, 0.1) is 24.1 Å². The number of hydrogen-bond donors (Lipinski definition) is 1. The fourth-order valence-electron chi connectivity index (χ4n) is 3.74. The number of carbonyl (C=O) groups excluding carboxylic acids is 1. The monoisotopic (exact) mass is 355 g/mol. The summed E-state index contributed by atoms with van der Waals surface area (Å²) in [6.45, 7) is 0.530. The Hall–Kier alpha value is -2.07. The minimum absolute atomic E-state index is 0.385. The van der Waals surface area contributed by atoms with E-state index in [1.807, 2.05) is 18.3 Å². The highest BCUT2D eigenvalue weighted by atomic mass is 35.5. The second-order valence-corrected chi connectivity index (χ2v) is 7.59. The molecule has 0 spiro atoms. The maximum Gasteiger partial charge on any atom is 0.209 e. The fraction of sp³-hybridized carbons (Fsp3) is 0.400. The molecule has 4 rings (SSSR count). The van der Waals surface area contributed by atoms with Gasteiger partial charge in [-0.15, -0.1) is 0 Å². The first-order chi connectivity index (χ1) is 12.1. The average molecular weight is 356 g/mol. The Morgan fingerprint density at radius 1 is 1.28 bits per heavy atom. The van der Waals surface area contributed by atoms with Gasteiger partial charge in [-0.05, 0) is 66.5 Å². The Morgan fingerprint density at radius 3 is 2.80 bits per heavy atom. The van der Waals surface area contributed by atoms with Gasteiger partial charge in [-0.25, -0.2) is 0 Å². The molecular weight excluding hydrogens is 334 g/mol. The number of nitrogens with zero attached hydrogens (tertiary/aromatic N) is 2. The van der Waals surface area contributed by atoms with Crippen LogP contribution in [0.25, 0.3) is 0 Å². The number of benzene rings is 1. The van der Waals surface area contributed by atoms with Crippen LogP contribution in [0.1, 0.15) is 41.1 Å². The van der Waals surface area contributed by atoms with E-state index in [1.165, 1.54) is 29.5 Å². The summed E-state index contributed by atoms with van der Waals surface area (Å²) in [4.78, 5) is 16.7. The third-order valence-electron chi connectivity index (χ3n) is 5.09. The van der Waals surface area contributed by atoms with E-state index in [-0.39, 0.29) is 0 Å². The van der Waals surface area contributed by atoms with Gasteiger partial charge in [0.2, 0.25) is 6.41 Å². The molecule has 2 aliphatic rings. The third-order valence-corrected chi connectivity index (χ3v) is 5.42. The molecule has 0 radical (unpaired) electrons. The predicted octanol–water partition coefficient (Wildman–Crippen LogP) is 3.78. The van der Waals surface area contributed by atoms with E-state index in [0.717, 1.165) is 35.7 Å². The Balaban J connectivity index is 1.44. The van der Waals surface area contributed by atoms with Crippen molar-refractivity contribution in [2.24, 2.45) is 0 Å². The maximum atomic E-state index is 10.7. The number of hydrogen-bond acceptors (Lipinski definition) is 3. The Morgan fingerprint density at radius 2 is 2.12 bits per heavy atom. The van der Waals surface area contributed by atoms with Crippen molar-refractivity contribution in [3.63, 3.8) is 0 Å². The highest BCUT2D eigenvalue weighted by molar-refractivity contribution is 6.31. The number of nitrogens with one attached hydrogen (secondary N) is 1. The van der Waals surface area contributed by atoms with Crippen molar-refractivity contribution in [3.8, 4) is 0 Å². The van der Waals surface area contributed by atoms with Gasteiger partial charge in [0.1, 0.15) is 0 Å². The fourth-order valence-corrected chi connectivity index (χ4v) is 4.08. The molecule has 1 aromatic heterocycles. The van der Waals surface area contributed by atoms with E-state index in [1.54, 1.807) is 11.9 Å². The molecule has 2 aliphatic carbocycles. The van der Waals surface area contributed by atoms with Crippen LogP contribution in [0.2, 0.25) is 5.02 Å². The number of anilines is 1. The molecule has 0 saturated heterocycles. The van der Waals surface area contributed by atoms with E-state index in [9.17, 15) is 4.79 Å². The number of halogens is 1. The van der Waals surface area contributed by atoms with Gasteiger partial charge >= 0.3 is 0 Å². The van der Waals surface area contributed by atoms with Crippen LogP contribution in [0.5, 0.6) is 0 Å². The van der Waals surface area contributed by atoms with Crippen LogP contribution in [0, 0.1) is 0 Å². The zero-order chi connectivity index (χ0) is 17.4. The van der Waals surface area contributed by atoms with Crippen LogP contribution >= 0.6 is 11.6 Å². The molecule has 4 nitrogen and oxygen atoms in total. The maximum absolute atomic E-state index is 10.7. The second kappa shape index (κ2) is 6.68.